The summed E-state index contributed by atoms with van der Waals surface area (Å²) in [7, 11) is 0. The number of benzene rings is 2. The molecule has 0 aliphatic carbocycles. The summed E-state index contributed by atoms with van der Waals surface area (Å²) >= 11 is 3.44. The van der Waals surface area contributed by atoms with Gasteiger partial charge in [-0.15, -0.1) is 10.2 Å². The molecule has 0 radical (unpaired) electrons. The van der Waals surface area contributed by atoms with Gasteiger partial charge in [0.2, 0.25) is 5.89 Å². The van der Waals surface area contributed by atoms with Crippen molar-refractivity contribution in [2.45, 2.75) is 40.2 Å². The quantitative estimate of drug-likeness (QED) is 0.347. The zero-order valence-electron chi connectivity index (χ0n) is 19.0. The summed E-state index contributed by atoms with van der Waals surface area (Å²) < 4.78 is 8.42. The first kappa shape index (κ1) is 22.9. The zero-order chi connectivity index (χ0) is 23.5. The maximum Gasteiger partial charge on any atom is 0.268 e. The SMILES string of the molecule is Cc1nnc(-c2cc(CC(C)C)n(-c3cccc(C(=O)N[C@@H](C)c4ccc(Br)cc4)c3)n2)o1. The highest BCUT2D eigenvalue weighted by Crippen LogP contribution is 2.24. The number of carbonyl (C=O) groups excluding carboxylic acids is 1. The average Bonchev–Trinajstić information content (AvgIpc) is 3.40. The van der Waals surface area contributed by atoms with E-state index in [0.29, 0.717) is 29.0 Å². The first-order valence-corrected chi connectivity index (χ1v) is 11.7. The Morgan fingerprint density at radius 2 is 1.85 bits per heavy atom. The molecule has 0 aliphatic heterocycles. The van der Waals surface area contributed by atoms with Gasteiger partial charge in [0.15, 0.2) is 0 Å². The van der Waals surface area contributed by atoms with E-state index in [4.69, 9.17) is 9.52 Å². The molecule has 0 saturated heterocycles. The predicted molar refractivity (Wildman–Crippen MR) is 130 cm³/mol. The van der Waals surface area contributed by atoms with E-state index in [0.717, 1.165) is 27.8 Å². The van der Waals surface area contributed by atoms with Crippen molar-refractivity contribution < 1.29 is 9.21 Å². The van der Waals surface area contributed by atoms with Crippen LogP contribution in [0.1, 0.15) is 54.3 Å². The number of aromatic nitrogens is 4. The van der Waals surface area contributed by atoms with E-state index in [9.17, 15) is 4.79 Å². The van der Waals surface area contributed by atoms with Crippen molar-refractivity contribution in [3.8, 4) is 17.3 Å². The maximum atomic E-state index is 13.0. The van der Waals surface area contributed by atoms with Crippen molar-refractivity contribution in [3.63, 3.8) is 0 Å². The van der Waals surface area contributed by atoms with E-state index in [1.54, 1.807) is 13.0 Å². The first-order valence-electron chi connectivity index (χ1n) is 10.9. The summed E-state index contributed by atoms with van der Waals surface area (Å²) in [5.41, 5.74) is 4.03. The number of amides is 1. The molecule has 0 spiro atoms. The normalized spacial score (nSPS) is 12.2. The van der Waals surface area contributed by atoms with E-state index >= 15 is 0 Å². The lowest BCUT2D eigenvalue weighted by Gasteiger charge is -2.15. The summed E-state index contributed by atoms with van der Waals surface area (Å²) in [4.78, 5) is 13.0. The molecule has 1 atom stereocenters. The van der Waals surface area contributed by atoms with Crippen LogP contribution in [0.3, 0.4) is 0 Å². The van der Waals surface area contributed by atoms with Crippen LogP contribution in [0.25, 0.3) is 17.3 Å². The molecule has 0 unspecified atom stereocenters. The third-order valence-corrected chi connectivity index (χ3v) is 5.74. The molecular formula is C25H26BrN5O2. The van der Waals surface area contributed by atoms with Crippen LogP contribution in [-0.2, 0) is 6.42 Å². The van der Waals surface area contributed by atoms with Crippen LogP contribution in [-0.4, -0.2) is 25.9 Å². The number of nitrogens with one attached hydrogen (secondary N) is 1. The monoisotopic (exact) mass is 507 g/mol. The Hall–Kier alpha value is -3.26. The fourth-order valence-electron chi connectivity index (χ4n) is 3.61. The molecule has 4 aromatic rings. The highest BCUT2D eigenvalue weighted by molar-refractivity contribution is 9.10. The van der Waals surface area contributed by atoms with Crippen molar-refractivity contribution in [1.82, 2.24) is 25.3 Å². The van der Waals surface area contributed by atoms with Gasteiger partial charge >= 0.3 is 0 Å². The lowest BCUT2D eigenvalue weighted by atomic mass is 10.1. The summed E-state index contributed by atoms with van der Waals surface area (Å²) in [6, 6.07) is 17.2. The molecule has 170 valence electrons. The molecule has 0 bridgehead atoms. The Morgan fingerprint density at radius 3 is 2.52 bits per heavy atom. The lowest BCUT2D eigenvalue weighted by molar-refractivity contribution is 0.0940. The number of nitrogens with zero attached hydrogens (tertiary/aromatic N) is 4. The minimum Gasteiger partial charge on any atom is -0.420 e. The van der Waals surface area contributed by atoms with Crippen LogP contribution >= 0.6 is 15.9 Å². The van der Waals surface area contributed by atoms with Crippen molar-refractivity contribution in [3.05, 3.63) is 81.8 Å². The number of hydrogen-bond acceptors (Lipinski definition) is 5. The molecule has 2 aromatic heterocycles. The number of rotatable bonds is 7. The van der Waals surface area contributed by atoms with Gasteiger partial charge in [0.05, 0.1) is 11.7 Å². The molecule has 4 rings (SSSR count). The zero-order valence-corrected chi connectivity index (χ0v) is 20.6. The summed E-state index contributed by atoms with van der Waals surface area (Å²) in [5.74, 6) is 1.16. The largest absolute Gasteiger partial charge is 0.420 e. The predicted octanol–water partition coefficient (Wildman–Crippen LogP) is 5.68. The van der Waals surface area contributed by atoms with Crippen LogP contribution < -0.4 is 5.32 Å². The smallest absolute Gasteiger partial charge is 0.268 e. The fraction of sp³-hybridized carbons (Fsp3) is 0.280. The molecular weight excluding hydrogens is 482 g/mol. The summed E-state index contributed by atoms with van der Waals surface area (Å²) in [5, 5.41) is 15.8. The third kappa shape index (κ3) is 5.39. The Balaban J connectivity index is 1.62. The van der Waals surface area contributed by atoms with Crippen molar-refractivity contribution in [2.75, 3.05) is 0 Å². The minimum atomic E-state index is -0.141. The average molecular weight is 508 g/mol. The van der Waals surface area contributed by atoms with Gasteiger partial charge in [-0.3, -0.25) is 4.79 Å². The molecule has 33 heavy (non-hydrogen) atoms. The number of hydrogen-bond donors (Lipinski definition) is 1. The van der Waals surface area contributed by atoms with E-state index < -0.39 is 0 Å². The highest BCUT2D eigenvalue weighted by Gasteiger charge is 2.18. The number of aryl methyl sites for hydroxylation is 1. The molecule has 1 N–H and O–H groups in total. The van der Waals surface area contributed by atoms with Gasteiger partial charge in [0, 0.05) is 22.7 Å². The van der Waals surface area contributed by atoms with Gasteiger partial charge < -0.3 is 9.73 Å². The molecule has 2 heterocycles. The van der Waals surface area contributed by atoms with Crippen LogP contribution in [0.4, 0.5) is 0 Å². The third-order valence-electron chi connectivity index (χ3n) is 5.22. The van der Waals surface area contributed by atoms with Gasteiger partial charge in [-0.2, -0.15) is 5.10 Å². The number of carbonyl (C=O) groups is 1. The minimum absolute atomic E-state index is 0.122. The second kappa shape index (κ2) is 9.70. The van der Waals surface area contributed by atoms with E-state index in [1.165, 1.54) is 0 Å². The van der Waals surface area contributed by atoms with Gasteiger partial charge in [0.1, 0.15) is 5.69 Å². The molecule has 2 aromatic carbocycles. The second-order valence-corrected chi connectivity index (χ2v) is 9.37. The van der Waals surface area contributed by atoms with E-state index in [-0.39, 0.29) is 11.9 Å². The Labute approximate surface area is 201 Å². The van der Waals surface area contributed by atoms with Gasteiger partial charge in [-0.1, -0.05) is 48.0 Å². The molecule has 8 heteroatoms. The van der Waals surface area contributed by atoms with Gasteiger partial charge in [0.25, 0.3) is 11.8 Å². The highest BCUT2D eigenvalue weighted by atomic mass is 79.9. The summed E-state index contributed by atoms with van der Waals surface area (Å²) in [6.45, 7) is 8.03. The molecule has 0 saturated carbocycles. The van der Waals surface area contributed by atoms with Crippen molar-refractivity contribution in [1.29, 1.82) is 0 Å². The molecule has 0 fully saturated rings. The van der Waals surface area contributed by atoms with E-state index in [1.807, 2.05) is 60.1 Å². The van der Waals surface area contributed by atoms with Crippen molar-refractivity contribution >= 4 is 21.8 Å². The Morgan fingerprint density at radius 1 is 1.09 bits per heavy atom. The standard InChI is InChI=1S/C25H26BrN5O2/c1-15(2)12-22-14-23(25-29-28-17(4)33-25)30-31(22)21-7-5-6-19(13-21)24(32)27-16(3)18-8-10-20(26)11-9-18/h5-11,13-16H,12H2,1-4H3,(H,27,32)/t16-/m0/s1. The second-order valence-electron chi connectivity index (χ2n) is 8.45. The van der Waals surface area contributed by atoms with E-state index in [2.05, 4.69) is 45.3 Å². The van der Waals surface area contributed by atoms with Crippen LogP contribution in [0.2, 0.25) is 0 Å². The number of halogens is 1. The first-order chi connectivity index (χ1) is 15.8. The van der Waals surface area contributed by atoms with Gasteiger partial charge in [-0.25, -0.2) is 4.68 Å². The summed E-state index contributed by atoms with van der Waals surface area (Å²) in [6.07, 6.45) is 0.817. The van der Waals surface area contributed by atoms with Crippen LogP contribution in [0.15, 0.2) is 63.5 Å². The molecule has 1 amide bonds. The van der Waals surface area contributed by atoms with Crippen LogP contribution in [0, 0.1) is 12.8 Å². The molecule has 0 aliphatic rings. The maximum absolute atomic E-state index is 13.0. The van der Waals surface area contributed by atoms with Crippen LogP contribution in [0.5, 0.6) is 0 Å². The molecule has 7 nitrogen and oxygen atoms in total. The Kier molecular flexibility index (Phi) is 6.74. The lowest BCUT2D eigenvalue weighted by Crippen LogP contribution is -2.26. The van der Waals surface area contributed by atoms with Gasteiger partial charge in [-0.05, 0) is 61.2 Å². The van der Waals surface area contributed by atoms with Crippen molar-refractivity contribution in [2.24, 2.45) is 5.92 Å². The fourth-order valence-corrected chi connectivity index (χ4v) is 3.87. The topological polar surface area (TPSA) is 85.8 Å². The Bertz CT molecular complexity index is 1260.